The SMILES string of the molecule is O=C1CCCc2nc(Nc3cccc(-c4cccnc4F)c3)ccc21. The van der Waals surface area contributed by atoms with Crippen molar-refractivity contribution in [1.82, 2.24) is 9.97 Å². The molecule has 124 valence electrons. The van der Waals surface area contributed by atoms with E-state index in [1.807, 2.05) is 30.3 Å². The van der Waals surface area contributed by atoms with E-state index in [0.29, 0.717) is 17.8 Å². The lowest BCUT2D eigenvalue weighted by Crippen LogP contribution is -2.13. The van der Waals surface area contributed by atoms with Crippen LogP contribution >= 0.6 is 0 Å². The van der Waals surface area contributed by atoms with E-state index < -0.39 is 5.95 Å². The van der Waals surface area contributed by atoms with Crippen LogP contribution in [0.3, 0.4) is 0 Å². The quantitative estimate of drug-likeness (QED) is 0.715. The average Bonchev–Trinajstić information content (AvgIpc) is 2.62. The first kappa shape index (κ1) is 15.4. The van der Waals surface area contributed by atoms with Gasteiger partial charge in [-0.2, -0.15) is 4.39 Å². The predicted octanol–water partition coefficient (Wildman–Crippen LogP) is 4.55. The molecule has 0 fully saturated rings. The number of rotatable bonds is 3. The number of ketones is 1. The van der Waals surface area contributed by atoms with Crippen LogP contribution in [0.15, 0.2) is 54.7 Å². The summed E-state index contributed by atoms with van der Waals surface area (Å²) in [5.41, 5.74) is 3.56. The van der Waals surface area contributed by atoms with Gasteiger partial charge >= 0.3 is 0 Å². The van der Waals surface area contributed by atoms with Gasteiger partial charge in [0.05, 0.1) is 5.69 Å². The van der Waals surface area contributed by atoms with Crippen LogP contribution in [0.5, 0.6) is 0 Å². The van der Waals surface area contributed by atoms with Crippen molar-refractivity contribution in [3.05, 3.63) is 71.9 Å². The van der Waals surface area contributed by atoms with E-state index in [1.54, 1.807) is 18.2 Å². The lowest BCUT2D eigenvalue weighted by Gasteiger charge is -2.15. The summed E-state index contributed by atoms with van der Waals surface area (Å²) in [5.74, 6) is 0.344. The summed E-state index contributed by atoms with van der Waals surface area (Å²) in [7, 11) is 0. The molecule has 0 saturated carbocycles. The number of Topliss-reactive ketones (excluding diaryl/α,β-unsaturated/α-hetero) is 1. The maximum Gasteiger partial charge on any atom is 0.220 e. The molecule has 0 radical (unpaired) electrons. The number of benzene rings is 1. The molecule has 0 amide bonds. The van der Waals surface area contributed by atoms with Gasteiger partial charge in [0.2, 0.25) is 5.95 Å². The van der Waals surface area contributed by atoms with Crippen LogP contribution in [0.4, 0.5) is 15.9 Å². The van der Waals surface area contributed by atoms with Crippen LogP contribution in [0.2, 0.25) is 0 Å². The third-order valence-corrected chi connectivity index (χ3v) is 4.30. The van der Waals surface area contributed by atoms with Crippen LogP contribution in [0.1, 0.15) is 28.9 Å². The van der Waals surface area contributed by atoms with Crippen LogP contribution in [0.25, 0.3) is 11.1 Å². The first-order chi connectivity index (χ1) is 12.2. The molecule has 4 nitrogen and oxygen atoms in total. The Labute approximate surface area is 144 Å². The topological polar surface area (TPSA) is 54.9 Å². The number of hydrogen-bond acceptors (Lipinski definition) is 4. The fourth-order valence-corrected chi connectivity index (χ4v) is 3.08. The molecule has 25 heavy (non-hydrogen) atoms. The molecule has 0 saturated heterocycles. The Bertz CT molecular complexity index is 955. The van der Waals surface area contributed by atoms with E-state index in [-0.39, 0.29) is 5.78 Å². The lowest BCUT2D eigenvalue weighted by atomic mass is 9.95. The second kappa shape index (κ2) is 6.43. The number of aromatic nitrogens is 2. The lowest BCUT2D eigenvalue weighted by molar-refractivity contribution is 0.0971. The van der Waals surface area contributed by atoms with Crippen molar-refractivity contribution >= 4 is 17.3 Å². The minimum Gasteiger partial charge on any atom is -0.340 e. The van der Waals surface area contributed by atoms with E-state index in [4.69, 9.17) is 0 Å². The van der Waals surface area contributed by atoms with Crippen molar-refractivity contribution < 1.29 is 9.18 Å². The highest BCUT2D eigenvalue weighted by Crippen LogP contribution is 2.27. The Hall–Kier alpha value is -3.08. The molecular formula is C20H16FN3O. The minimum atomic E-state index is -0.495. The Morgan fingerprint density at radius 3 is 2.80 bits per heavy atom. The molecule has 2 heterocycles. The third-order valence-electron chi connectivity index (χ3n) is 4.30. The monoisotopic (exact) mass is 333 g/mol. The van der Waals surface area contributed by atoms with Crippen LogP contribution in [-0.4, -0.2) is 15.8 Å². The number of nitrogens with zero attached hydrogens (tertiary/aromatic N) is 2. The maximum absolute atomic E-state index is 13.9. The van der Waals surface area contributed by atoms with Gasteiger partial charge in [-0.15, -0.1) is 0 Å². The first-order valence-corrected chi connectivity index (χ1v) is 8.22. The van der Waals surface area contributed by atoms with Gasteiger partial charge in [0.25, 0.3) is 0 Å². The number of carbonyl (C=O) groups excluding carboxylic acids is 1. The van der Waals surface area contributed by atoms with Gasteiger partial charge in [0.1, 0.15) is 5.82 Å². The fourth-order valence-electron chi connectivity index (χ4n) is 3.08. The maximum atomic E-state index is 13.9. The first-order valence-electron chi connectivity index (χ1n) is 8.22. The molecule has 1 aromatic carbocycles. The summed E-state index contributed by atoms with van der Waals surface area (Å²) in [4.78, 5) is 20.1. The summed E-state index contributed by atoms with van der Waals surface area (Å²) >= 11 is 0. The summed E-state index contributed by atoms with van der Waals surface area (Å²) in [6.07, 6.45) is 3.69. The summed E-state index contributed by atoms with van der Waals surface area (Å²) in [6, 6.07) is 14.5. The number of anilines is 2. The molecule has 0 bridgehead atoms. The van der Waals surface area contributed by atoms with Crippen molar-refractivity contribution in [3.8, 4) is 11.1 Å². The van der Waals surface area contributed by atoms with Crippen molar-refractivity contribution in [2.75, 3.05) is 5.32 Å². The second-order valence-corrected chi connectivity index (χ2v) is 6.02. The molecule has 5 heteroatoms. The third kappa shape index (κ3) is 3.13. The van der Waals surface area contributed by atoms with Gasteiger partial charge in [0, 0.05) is 29.4 Å². The fraction of sp³-hybridized carbons (Fsp3) is 0.150. The number of halogens is 1. The smallest absolute Gasteiger partial charge is 0.220 e. The molecule has 3 aromatic rings. The molecule has 0 atom stereocenters. The van der Waals surface area contributed by atoms with Crippen LogP contribution in [-0.2, 0) is 6.42 Å². The number of carbonyl (C=O) groups is 1. The molecule has 1 aliphatic rings. The van der Waals surface area contributed by atoms with Crippen molar-refractivity contribution in [1.29, 1.82) is 0 Å². The average molecular weight is 333 g/mol. The Morgan fingerprint density at radius 2 is 1.92 bits per heavy atom. The highest BCUT2D eigenvalue weighted by molar-refractivity contribution is 5.98. The molecule has 1 aliphatic carbocycles. The molecule has 4 rings (SSSR count). The standard InChI is InChI=1S/C20H16FN3O/c21-20-15(6-3-11-22-20)13-4-1-5-14(12-13)23-19-10-9-16-17(24-19)7-2-8-18(16)25/h1,3-6,9-12H,2,7-8H2,(H,23,24). The highest BCUT2D eigenvalue weighted by Gasteiger charge is 2.18. The molecular weight excluding hydrogens is 317 g/mol. The Kier molecular flexibility index (Phi) is 3.98. The van der Waals surface area contributed by atoms with E-state index in [2.05, 4.69) is 15.3 Å². The van der Waals surface area contributed by atoms with Gasteiger partial charge in [-0.25, -0.2) is 9.97 Å². The van der Waals surface area contributed by atoms with Crippen molar-refractivity contribution in [3.63, 3.8) is 0 Å². The van der Waals surface area contributed by atoms with Crippen LogP contribution < -0.4 is 5.32 Å². The van der Waals surface area contributed by atoms with Gasteiger partial charge in [-0.3, -0.25) is 4.79 Å². The van der Waals surface area contributed by atoms with Gasteiger partial charge in [-0.05, 0) is 54.8 Å². The molecule has 2 aromatic heterocycles. The summed E-state index contributed by atoms with van der Waals surface area (Å²) in [6.45, 7) is 0. The van der Waals surface area contributed by atoms with E-state index >= 15 is 0 Å². The number of pyridine rings is 2. The zero-order chi connectivity index (χ0) is 17.2. The summed E-state index contributed by atoms with van der Waals surface area (Å²) in [5, 5.41) is 3.23. The normalized spacial score (nSPS) is 13.4. The summed E-state index contributed by atoms with van der Waals surface area (Å²) < 4.78 is 13.9. The van der Waals surface area contributed by atoms with Crippen LogP contribution in [0, 0.1) is 5.95 Å². The van der Waals surface area contributed by atoms with Gasteiger partial charge in [-0.1, -0.05) is 12.1 Å². The number of aryl methyl sites for hydroxylation is 1. The number of hydrogen-bond donors (Lipinski definition) is 1. The van der Waals surface area contributed by atoms with Crippen molar-refractivity contribution in [2.24, 2.45) is 0 Å². The Morgan fingerprint density at radius 1 is 1.00 bits per heavy atom. The molecule has 0 spiro atoms. The predicted molar refractivity (Wildman–Crippen MR) is 94.4 cm³/mol. The Balaban J connectivity index is 1.63. The number of nitrogens with one attached hydrogen (secondary N) is 1. The molecule has 1 N–H and O–H groups in total. The van der Waals surface area contributed by atoms with E-state index in [0.717, 1.165) is 35.3 Å². The van der Waals surface area contributed by atoms with Gasteiger partial charge < -0.3 is 5.32 Å². The van der Waals surface area contributed by atoms with E-state index in [9.17, 15) is 9.18 Å². The van der Waals surface area contributed by atoms with Crippen molar-refractivity contribution in [2.45, 2.75) is 19.3 Å². The second-order valence-electron chi connectivity index (χ2n) is 6.02. The van der Waals surface area contributed by atoms with E-state index in [1.165, 1.54) is 6.20 Å². The zero-order valence-corrected chi connectivity index (χ0v) is 13.5. The molecule has 0 unspecified atom stereocenters. The molecule has 0 aliphatic heterocycles. The highest BCUT2D eigenvalue weighted by atomic mass is 19.1. The number of fused-ring (bicyclic) bond motifs is 1. The largest absolute Gasteiger partial charge is 0.340 e. The van der Waals surface area contributed by atoms with Gasteiger partial charge in [0.15, 0.2) is 5.78 Å². The minimum absolute atomic E-state index is 0.161. The zero-order valence-electron chi connectivity index (χ0n) is 13.5.